The van der Waals surface area contributed by atoms with Gasteiger partial charge in [0, 0.05) is 32.2 Å². The summed E-state index contributed by atoms with van der Waals surface area (Å²) >= 11 is 0. The second kappa shape index (κ2) is 8.79. The first kappa shape index (κ1) is 16.8. The summed E-state index contributed by atoms with van der Waals surface area (Å²) in [5, 5.41) is 20.5. The van der Waals surface area contributed by atoms with Crippen molar-refractivity contribution >= 4 is 12.0 Å². The molecule has 2 atom stereocenters. The number of piperidine rings is 1. The van der Waals surface area contributed by atoms with Gasteiger partial charge in [-0.2, -0.15) is 0 Å². The number of amides is 2. The Kier molecular flexibility index (Phi) is 7.36. The molecule has 20 heavy (non-hydrogen) atoms. The maximum absolute atomic E-state index is 12.1. The SMILES string of the molecule is CC(CCCC(=O)O)NC(=O)N1CCCC(CCO)C1. The molecule has 2 amide bonds. The predicted octanol–water partition coefficient (Wildman–Crippen LogP) is 1.43. The highest BCUT2D eigenvalue weighted by molar-refractivity contribution is 5.74. The van der Waals surface area contributed by atoms with Crippen molar-refractivity contribution in [2.75, 3.05) is 19.7 Å². The molecule has 0 radical (unpaired) electrons. The second-order valence-electron chi connectivity index (χ2n) is 5.60. The second-order valence-corrected chi connectivity index (χ2v) is 5.60. The van der Waals surface area contributed by atoms with E-state index in [0.717, 1.165) is 25.8 Å². The molecule has 1 aliphatic rings. The van der Waals surface area contributed by atoms with E-state index in [1.165, 1.54) is 0 Å². The third-order valence-corrected chi connectivity index (χ3v) is 3.74. The number of carbonyl (C=O) groups excluding carboxylic acids is 1. The van der Waals surface area contributed by atoms with Gasteiger partial charge < -0.3 is 20.4 Å². The molecule has 3 N–H and O–H groups in total. The lowest BCUT2D eigenvalue weighted by atomic mass is 9.95. The number of aliphatic carboxylic acids is 1. The Labute approximate surface area is 120 Å². The first-order valence-corrected chi connectivity index (χ1v) is 7.41. The summed E-state index contributed by atoms with van der Waals surface area (Å²) in [6.45, 7) is 3.53. The van der Waals surface area contributed by atoms with E-state index in [1.807, 2.05) is 6.92 Å². The monoisotopic (exact) mass is 286 g/mol. The zero-order valence-electron chi connectivity index (χ0n) is 12.2. The summed E-state index contributed by atoms with van der Waals surface area (Å²) in [7, 11) is 0. The quantitative estimate of drug-likeness (QED) is 0.660. The summed E-state index contributed by atoms with van der Waals surface area (Å²) in [4.78, 5) is 24.3. The Morgan fingerprint density at radius 2 is 2.20 bits per heavy atom. The molecular formula is C14H26N2O4. The van der Waals surface area contributed by atoms with Crippen LogP contribution in [0.3, 0.4) is 0 Å². The number of aliphatic hydroxyl groups is 1. The molecule has 0 aromatic carbocycles. The lowest BCUT2D eigenvalue weighted by molar-refractivity contribution is -0.137. The van der Waals surface area contributed by atoms with Crippen LogP contribution in [0, 0.1) is 5.92 Å². The minimum atomic E-state index is -0.800. The number of urea groups is 1. The average Bonchev–Trinajstić information content (AvgIpc) is 2.39. The summed E-state index contributed by atoms with van der Waals surface area (Å²) < 4.78 is 0. The van der Waals surface area contributed by atoms with Gasteiger partial charge in [-0.1, -0.05) is 0 Å². The summed E-state index contributed by atoms with van der Waals surface area (Å²) in [5.74, 6) is -0.409. The van der Waals surface area contributed by atoms with E-state index in [2.05, 4.69) is 5.32 Å². The fourth-order valence-corrected chi connectivity index (χ4v) is 2.60. The molecule has 0 aliphatic carbocycles. The Hall–Kier alpha value is -1.30. The molecule has 0 aromatic heterocycles. The number of likely N-dealkylation sites (tertiary alicyclic amines) is 1. The van der Waals surface area contributed by atoms with Crippen molar-refractivity contribution in [1.29, 1.82) is 0 Å². The number of hydrogen-bond acceptors (Lipinski definition) is 3. The van der Waals surface area contributed by atoms with E-state index < -0.39 is 5.97 Å². The van der Waals surface area contributed by atoms with Gasteiger partial charge in [0.1, 0.15) is 0 Å². The van der Waals surface area contributed by atoms with Crippen molar-refractivity contribution in [3.63, 3.8) is 0 Å². The molecule has 116 valence electrons. The van der Waals surface area contributed by atoms with Gasteiger partial charge in [0.25, 0.3) is 0 Å². The van der Waals surface area contributed by atoms with Gasteiger partial charge in [0.05, 0.1) is 0 Å². The molecule has 0 bridgehead atoms. The normalized spacial score (nSPS) is 20.5. The maximum Gasteiger partial charge on any atom is 0.317 e. The van der Waals surface area contributed by atoms with Crippen LogP contribution in [0.2, 0.25) is 0 Å². The van der Waals surface area contributed by atoms with Crippen LogP contribution >= 0.6 is 0 Å². The largest absolute Gasteiger partial charge is 0.481 e. The zero-order valence-corrected chi connectivity index (χ0v) is 12.2. The molecule has 1 heterocycles. The van der Waals surface area contributed by atoms with Gasteiger partial charge >= 0.3 is 12.0 Å². The lowest BCUT2D eigenvalue weighted by Gasteiger charge is -2.33. The topological polar surface area (TPSA) is 89.9 Å². The van der Waals surface area contributed by atoms with Gasteiger partial charge in [0.2, 0.25) is 0 Å². The fourth-order valence-electron chi connectivity index (χ4n) is 2.60. The van der Waals surface area contributed by atoms with E-state index in [9.17, 15) is 9.59 Å². The van der Waals surface area contributed by atoms with Gasteiger partial charge in [-0.3, -0.25) is 4.79 Å². The summed E-state index contributed by atoms with van der Waals surface area (Å²) in [6.07, 6.45) is 4.18. The number of hydrogen-bond donors (Lipinski definition) is 3. The van der Waals surface area contributed by atoms with Crippen molar-refractivity contribution in [1.82, 2.24) is 10.2 Å². The Bertz CT molecular complexity index is 320. The van der Waals surface area contributed by atoms with Crippen molar-refractivity contribution in [3.8, 4) is 0 Å². The lowest BCUT2D eigenvalue weighted by Crippen LogP contribution is -2.48. The molecular weight excluding hydrogens is 260 g/mol. The Morgan fingerprint density at radius 1 is 1.45 bits per heavy atom. The summed E-state index contributed by atoms with van der Waals surface area (Å²) in [5.41, 5.74) is 0. The minimum absolute atomic E-state index is 0.0138. The Balaban J connectivity index is 2.28. The van der Waals surface area contributed by atoms with E-state index in [1.54, 1.807) is 4.90 Å². The fraction of sp³-hybridized carbons (Fsp3) is 0.857. The number of nitrogens with one attached hydrogen (secondary N) is 1. The Morgan fingerprint density at radius 3 is 2.85 bits per heavy atom. The van der Waals surface area contributed by atoms with Crippen molar-refractivity contribution in [2.45, 2.75) is 51.5 Å². The van der Waals surface area contributed by atoms with Crippen LogP contribution in [0.5, 0.6) is 0 Å². The molecule has 2 unspecified atom stereocenters. The molecule has 1 aliphatic heterocycles. The number of nitrogens with zero attached hydrogens (tertiary/aromatic N) is 1. The van der Waals surface area contributed by atoms with Crippen LogP contribution in [0.1, 0.15) is 45.4 Å². The predicted molar refractivity (Wildman–Crippen MR) is 75.5 cm³/mol. The van der Waals surface area contributed by atoms with E-state index in [0.29, 0.717) is 25.3 Å². The highest BCUT2D eigenvalue weighted by Gasteiger charge is 2.23. The number of rotatable bonds is 7. The zero-order chi connectivity index (χ0) is 15.0. The molecule has 0 aromatic rings. The molecule has 1 saturated heterocycles. The van der Waals surface area contributed by atoms with Crippen LogP contribution < -0.4 is 5.32 Å². The van der Waals surface area contributed by atoms with Gasteiger partial charge in [-0.15, -0.1) is 0 Å². The number of carboxylic acids is 1. The molecule has 1 fully saturated rings. The number of carboxylic acid groups (broad SMARTS) is 1. The van der Waals surface area contributed by atoms with Crippen LogP contribution in [-0.2, 0) is 4.79 Å². The first-order chi connectivity index (χ1) is 9.52. The van der Waals surface area contributed by atoms with Crippen LogP contribution in [0.25, 0.3) is 0 Å². The van der Waals surface area contributed by atoms with E-state index >= 15 is 0 Å². The highest BCUT2D eigenvalue weighted by atomic mass is 16.4. The van der Waals surface area contributed by atoms with Crippen molar-refractivity contribution in [2.24, 2.45) is 5.92 Å². The van der Waals surface area contributed by atoms with Gasteiger partial charge in [-0.05, 0) is 44.9 Å². The van der Waals surface area contributed by atoms with E-state index in [4.69, 9.17) is 10.2 Å². The molecule has 6 heteroatoms. The third kappa shape index (κ3) is 6.23. The molecule has 6 nitrogen and oxygen atoms in total. The van der Waals surface area contributed by atoms with Crippen molar-refractivity contribution in [3.05, 3.63) is 0 Å². The van der Waals surface area contributed by atoms with Gasteiger partial charge in [-0.25, -0.2) is 4.79 Å². The summed E-state index contributed by atoms with van der Waals surface area (Å²) in [6, 6.07) is -0.0875. The van der Waals surface area contributed by atoms with Crippen LogP contribution in [0.15, 0.2) is 0 Å². The minimum Gasteiger partial charge on any atom is -0.481 e. The number of carbonyl (C=O) groups is 2. The van der Waals surface area contributed by atoms with Crippen LogP contribution in [0.4, 0.5) is 4.79 Å². The third-order valence-electron chi connectivity index (χ3n) is 3.74. The van der Waals surface area contributed by atoms with Crippen LogP contribution in [-0.4, -0.2) is 52.9 Å². The number of aliphatic hydroxyl groups excluding tert-OH is 1. The molecule has 1 rings (SSSR count). The highest BCUT2D eigenvalue weighted by Crippen LogP contribution is 2.19. The average molecular weight is 286 g/mol. The van der Waals surface area contributed by atoms with Crippen molar-refractivity contribution < 1.29 is 19.8 Å². The standard InChI is InChI=1S/C14H26N2O4/c1-11(4-2-6-13(18)19)15-14(20)16-8-3-5-12(10-16)7-9-17/h11-12,17H,2-10H2,1H3,(H,15,20)(H,18,19). The maximum atomic E-state index is 12.1. The van der Waals surface area contributed by atoms with E-state index in [-0.39, 0.29) is 25.1 Å². The smallest absolute Gasteiger partial charge is 0.317 e. The molecule has 0 spiro atoms. The van der Waals surface area contributed by atoms with Gasteiger partial charge in [0.15, 0.2) is 0 Å². The first-order valence-electron chi connectivity index (χ1n) is 7.41. The molecule has 0 saturated carbocycles.